The summed E-state index contributed by atoms with van der Waals surface area (Å²) in [5.74, 6) is 0.00456. The molecule has 0 aromatic heterocycles. The monoisotopic (exact) mass is 278 g/mol. The molecule has 1 N–H and O–H groups in total. The van der Waals surface area contributed by atoms with Crippen LogP contribution in [0.3, 0.4) is 0 Å². The third-order valence-corrected chi connectivity index (χ3v) is 3.77. The van der Waals surface area contributed by atoms with E-state index in [2.05, 4.69) is 0 Å². The molecule has 1 fully saturated rings. The number of carboxylic acid groups (broad SMARTS) is 1. The molecule has 0 radical (unpaired) electrons. The van der Waals surface area contributed by atoms with Gasteiger partial charge in [0, 0.05) is 5.56 Å². The molecule has 20 heavy (non-hydrogen) atoms. The van der Waals surface area contributed by atoms with Crippen LogP contribution in [0.1, 0.15) is 38.2 Å². The zero-order chi connectivity index (χ0) is 14.4. The normalized spacial score (nSPS) is 22.4. The third-order valence-electron chi connectivity index (χ3n) is 3.77. The maximum Gasteiger partial charge on any atom is 0.306 e. The lowest BCUT2D eigenvalue weighted by Gasteiger charge is -2.26. The first-order valence-corrected chi connectivity index (χ1v) is 7.25. The number of carboxylic acids is 1. The first kappa shape index (κ1) is 14.9. The van der Waals surface area contributed by atoms with Crippen molar-refractivity contribution in [3.8, 4) is 5.75 Å². The number of aliphatic carboxylic acids is 1. The summed E-state index contributed by atoms with van der Waals surface area (Å²) in [7, 11) is 0. The van der Waals surface area contributed by atoms with Gasteiger partial charge in [-0.3, -0.25) is 4.79 Å². The highest BCUT2D eigenvalue weighted by Gasteiger charge is 2.26. The van der Waals surface area contributed by atoms with E-state index in [1.54, 1.807) is 0 Å². The van der Waals surface area contributed by atoms with Crippen LogP contribution in [0.5, 0.6) is 5.75 Å². The van der Waals surface area contributed by atoms with Crippen LogP contribution in [0, 0.1) is 5.92 Å². The summed E-state index contributed by atoms with van der Waals surface area (Å²) in [6, 6.07) is 7.88. The van der Waals surface area contributed by atoms with Crippen LogP contribution < -0.4 is 4.74 Å². The summed E-state index contributed by atoms with van der Waals surface area (Å²) >= 11 is 0. The summed E-state index contributed by atoms with van der Waals surface area (Å²) < 4.78 is 11.5. The topological polar surface area (TPSA) is 55.8 Å². The number of benzene rings is 1. The van der Waals surface area contributed by atoms with Gasteiger partial charge in [0.15, 0.2) is 0 Å². The van der Waals surface area contributed by atoms with Crippen LogP contribution in [-0.2, 0) is 16.1 Å². The molecular weight excluding hydrogens is 256 g/mol. The molecule has 0 atom stereocenters. The Morgan fingerprint density at radius 2 is 1.95 bits per heavy atom. The first-order valence-electron chi connectivity index (χ1n) is 7.25. The lowest BCUT2D eigenvalue weighted by molar-refractivity contribution is -0.143. The zero-order valence-electron chi connectivity index (χ0n) is 11.9. The van der Waals surface area contributed by atoms with Gasteiger partial charge < -0.3 is 14.6 Å². The highest BCUT2D eigenvalue weighted by atomic mass is 16.5. The minimum Gasteiger partial charge on any atom is -0.494 e. The Bertz CT molecular complexity index is 436. The van der Waals surface area contributed by atoms with Crippen molar-refractivity contribution in [3.63, 3.8) is 0 Å². The highest BCUT2D eigenvalue weighted by molar-refractivity contribution is 5.70. The number of hydrogen-bond donors (Lipinski definition) is 1. The van der Waals surface area contributed by atoms with Crippen LogP contribution in [0.2, 0.25) is 0 Å². The molecule has 1 aromatic rings. The Morgan fingerprint density at radius 1 is 1.25 bits per heavy atom. The van der Waals surface area contributed by atoms with Gasteiger partial charge in [-0.05, 0) is 38.7 Å². The molecule has 1 aliphatic rings. The summed E-state index contributed by atoms with van der Waals surface area (Å²) in [4.78, 5) is 10.9. The molecule has 4 heteroatoms. The van der Waals surface area contributed by atoms with Crippen molar-refractivity contribution >= 4 is 5.97 Å². The second-order valence-corrected chi connectivity index (χ2v) is 5.16. The van der Waals surface area contributed by atoms with Gasteiger partial charge in [0.2, 0.25) is 0 Å². The molecule has 1 aromatic carbocycles. The van der Waals surface area contributed by atoms with E-state index in [1.807, 2.05) is 31.2 Å². The minimum absolute atomic E-state index is 0.167. The maximum atomic E-state index is 10.9. The molecule has 0 unspecified atom stereocenters. The van der Waals surface area contributed by atoms with E-state index in [9.17, 15) is 4.79 Å². The molecule has 0 bridgehead atoms. The van der Waals surface area contributed by atoms with Crippen molar-refractivity contribution in [2.45, 2.75) is 45.3 Å². The molecule has 0 amide bonds. The predicted octanol–water partition coefficient (Wildman–Crippen LogP) is 3.25. The zero-order valence-corrected chi connectivity index (χ0v) is 11.9. The van der Waals surface area contributed by atoms with E-state index >= 15 is 0 Å². The van der Waals surface area contributed by atoms with Crippen molar-refractivity contribution in [1.82, 2.24) is 0 Å². The second kappa shape index (κ2) is 7.29. The lowest BCUT2D eigenvalue weighted by Crippen LogP contribution is -2.26. The van der Waals surface area contributed by atoms with Gasteiger partial charge >= 0.3 is 5.97 Å². The van der Waals surface area contributed by atoms with Gasteiger partial charge in [0.05, 0.1) is 25.2 Å². The van der Waals surface area contributed by atoms with Gasteiger partial charge in [0.1, 0.15) is 5.75 Å². The number of para-hydroxylation sites is 1. The van der Waals surface area contributed by atoms with Crippen LogP contribution in [-0.4, -0.2) is 23.8 Å². The van der Waals surface area contributed by atoms with Crippen molar-refractivity contribution < 1.29 is 19.4 Å². The number of ether oxygens (including phenoxy) is 2. The fourth-order valence-electron chi connectivity index (χ4n) is 2.60. The smallest absolute Gasteiger partial charge is 0.306 e. The van der Waals surface area contributed by atoms with Crippen molar-refractivity contribution in [2.75, 3.05) is 6.61 Å². The molecule has 0 spiro atoms. The van der Waals surface area contributed by atoms with Crippen molar-refractivity contribution in [2.24, 2.45) is 5.92 Å². The fraction of sp³-hybridized carbons (Fsp3) is 0.562. The summed E-state index contributed by atoms with van der Waals surface area (Å²) in [5, 5.41) is 8.97. The Hall–Kier alpha value is -1.55. The van der Waals surface area contributed by atoms with E-state index in [-0.39, 0.29) is 12.0 Å². The summed E-state index contributed by atoms with van der Waals surface area (Å²) in [6.07, 6.45) is 3.25. The summed E-state index contributed by atoms with van der Waals surface area (Å²) in [5.41, 5.74) is 1.05. The second-order valence-electron chi connectivity index (χ2n) is 5.16. The van der Waals surface area contributed by atoms with E-state index in [0.717, 1.165) is 24.2 Å². The SMILES string of the molecule is CCOc1ccccc1COC1CCC(C(=O)O)CC1. The quantitative estimate of drug-likeness (QED) is 0.868. The molecule has 4 nitrogen and oxygen atoms in total. The first-order chi connectivity index (χ1) is 9.70. The van der Waals surface area contributed by atoms with Gasteiger partial charge in [0.25, 0.3) is 0 Å². The van der Waals surface area contributed by atoms with E-state index in [1.165, 1.54) is 0 Å². The van der Waals surface area contributed by atoms with E-state index < -0.39 is 5.97 Å². The standard InChI is InChI=1S/C16H22O4/c1-2-19-15-6-4-3-5-13(15)11-20-14-9-7-12(8-10-14)16(17)18/h3-6,12,14H,2,7-11H2,1H3,(H,17,18). The van der Waals surface area contributed by atoms with Crippen molar-refractivity contribution in [3.05, 3.63) is 29.8 Å². The summed E-state index contributed by atoms with van der Waals surface area (Å²) in [6.45, 7) is 3.13. The number of rotatable bonds is 6. The van der Waals surface area contributed by atoms with Crippen LogP contribution in [0.25, 0.3) is 0 Å². The maximum absolute atomic E-state index is 10.9. The largest absolute Gasteiger partial charge is 0.494 e. The molecule has 2 rings (SSSR count). The number of carbonyl (C=O) groups is 1. The fourth-order valence-corrected chi connectivity index (χ4v) is 2.60. The average Bonchev–Trinajstić information content (AvgIpc) is 2.47. The molecule has 110 valence electrons. The number of hydrogen-bond acceptors (Lipinski definition) is 3. The van der Waals surface area contributed by atoms with Crippen LogP contribution in [0.15, 0.2) is 24.3 Å². The van der Waals surface area contributed by atoms with Gasteiger partial charge in [-0.15, -0.1) is 0 Å². The van der Waals surface area contributed by atoms with E-state index in [4.69, 9.17) is 14.6 Å². The van der Waals surface area contributed by atoms with Gasteiger partial charge in [-0.2, -0.15) is 0 Å². The minimum atomic E-state index is -0.676. The highest BCUT2D eigenvalue weighted by Crippen LogP contribution is 2.28. The molecule has 1 aliphatic carbocycles. The lowest BCUT2D eigenvalue weighted by atomic mass is 9.87. The molecule has 1 saturated carbocycles. The Balaban J connectivity index is 1.83. The Kier molecular flexibility index (Phi) is 5.41. The average molecular weight is 278 g/mol. The van der Waals surface area contributed by atoms with Crippen molar-refractivity contribution in [1.29, 1.82) is 0 Å². The Labute approximate surface area is 119 Å². The predicted molar refractivity (Wildman–Crippen MR) is 75.8 cm³/mol. The molecular formula is C16H22O4. The van der Waals surface area contributed by atoms with Gasteiger partial charge in [-0.1, -0.05) is 18.2 Å². The molecule has 0 heterocycles. The Morgan fingerprint density at radius 3 is 2.60 bits per heavy atom. The molecule has 0 aliphatic heterocycles. The van der Waals surface area contributed by atoms with Crippen LogP contribution in [0.4, 0.5) is 0 Å². The van der Waals surface area contributed by atoms with E-state index in [0.29, 0.717) is 26.1 Å². The van der Waals surface area contributed by atoms with Crippen LogP contribution >= 0.6 is 0 Å². The third kappa shape index (κ3) is 3.97. The van der Waals surface area contributed by atoms with Gasteiger partial charge in [-0.25, -0.2) is 0 Å². The molecule has 0 saturated heterocycles.